The molecular weight excluding hydrogens is 270 g/mol. The fourth-order valence-corrected chi connectivity index (χ4v) is 2.92. The highest BCUT2D eigenvalue weighted by molar-refractivity contribution is 8.14. The van der Waals surface area contributed by atoms with Crippen molar-refractivity contribution >= 4 is 16.9 Å². The molecule has 1 unspecified atom stereocenters. The Morgan fingerprint density at radius 1 is 1.30 bits per heavy atom. The van der Waals surface area contributed by atoms with E-state index in [1.54, 1.807) is 11.8 Å². The van der Waals surface area contributed by atoms with Crippen LogP contribution >= 0.6 is 11.8 Å². The number of hydrogen-bond donors (Lipinski definition) is 1. The first kappa shape index (κ1) is 15.4. The van der Waals surface area contributed by atoms with Crippen LogP contribution in [0.15, 0.2) is 35.3 Å². The normalized spacial score (nSPS) is 20.6. The smallest absolute Gasteiger partial charge is 0.157 e. The standard InChI is InChI=1S/C15H23N3OS/c1-18(2)9-11-19-10-8-16-15-17-14(12-20-15)13-6-4-3-5-7-13/h3-7,14H,8-12H2,1-2H3,(H,16,17). The predicted molar refractivity (Wildman–Crippen MR) is 86.5 cm³/mol. The van der Waals surface area contributed by atoms with Gasteiger partial charge < -0.3 is 15.0 Å². The van der Waals surface area contributed by atoms with Gasteiger partial charge in [-0.2, -0.15) is 0 Å². The minimum absolute atomic E-state index is 0.384. The highest BCUT2D eigenvalue weighted by Gasteiger charge is 2.21. The fourth-order valence-electron chi connectivity index (χ4n) is 1.91. The molecule has 110 valence electrons. The lowest BCUT2D eigenvalue weighted by Crippen LogP contribution is -2.20. The first-order valence-corrected chi connectivity index (χ1v) is 7.95. The van der Waals surface area contributed by atoms with Crippen molar-refractivity contribution < 1.29 is 4.74 Å². The Morgan fingerprint density at radius 3 is 2.85 bits per heavy atom. The summed E-state index contributed by atoms with van der Waals surface area (Å²) in [6, 6.07) is 10.9. The van der Waals surface area contributed by atoms with Crippen LogP contribution in [0.1, 0.15) is 11.6 Å². The van der Waals surface area contributed by atoms with E-state index < -0.39 is 0 Å². The maximum Gasteiger partial charge on any atom is 0.157 e. The molecule has 1 aliphatic rings. The second-order valence-corrected chi connectivity index (χ2v) is 6.03. The molecule has 1 atom stereocenters. The van der Waals surface area contributed by atoms with Crippen molar-refractivity contribution in [1.29, 1.82) is 0 Å². The molecule has 4 nitrogen and oxygen atoms in total. The third kappa shape index (κ3) is 5.15. The molecule has 1 aromatic rings. The number of likely N-dealkylation sites (N-methyl/N-ethyl adjacent to an activating group) is 1. The molecule has 2 rings (SSSR count). The molecule has 1 N–H and O–H groups in total. The molecule has 5 heteroatoms. The van der Waals surface area contributed by atoms with Crippen LogP contribution in [-0.4, -0.2) is 56.2 Å². The van der Waals surface area contributed by atoms with Gasteiger partial charge in [-0.15, -0.1) is 0 Å². The molecule has 1 aromatic carbocycles. The zero-order valence-corrected chi connectivity index (χ0v) is 13.0. The van der Waals surface area contributed by atoms with E-state index in [0.29, 0.717) is 12.6 Å². The highest BCUT2D eigenvalue weighted by Crippen LogP contribution is 2.25. The van der Waals surface area contributed by atoms with E-state index >= 15 is 0 Å². The summed E-state index contributed by atoms with van der Waals surface area (Å²) >= 11 is 1.79. The number of thioether (sulfide) groups is 1. The van der Waals surface area contributed by atoms with E-state index in [9.17, 15) is 0 Å². The summed E-state index contributed by atoms with van der Waals surface area (Å²) < 4.78 is 5.53. The van der Waals surface area contributed by atoms with Gasteiger partial charge in [-0.25, -0.2) is 0 Å². The molecule has 0 spiro atoms. The lowest BCUT2D eigenvalue weighted by molar-refractivity contribution is 0.124. The summed E-state index contributed by atoms with van der Waals surface area (Å²) in [5.41, 5.74) is 1.33. The van der Waals surface area contributed by atoms with E-state index in [1.807, 2.05) is 20.2 Å². The van der Waals surface area contributed by atoms with Gasteiger partial charge in [0.2, 0.25) is 0 Å². The van der Waals surface area contributed by atoms with Crippen LogP contribution in [0.3, 0.4) is 0 Å². The minimum Gasteiger partial charge on any atom is -0.378 e. The molecule has 1 heterocycles. The van der Waals surface area contributed by atoms with E-state index in [-0.39, 0.29) is 0 Å². The molecule has 0 radical (unpaired) electrons. The van der Waals surface area contributed by atoms with Gasteiger partial charge in [0.1, 0.15) is 0 Å². The zero-order valence-electron chi connectivity index (χ0n) is 12.2. The Morgan fingerprint density at radius 2 is 2.10 bits per heavy atom. The maximum atomic E-state index is 5.53. The number of nitrogens with one attached hydrogen (secondary N) is 1. The summed E-state index contributed by atoms with van der Waals surface area (Å²) in [5.74, 6) is 1.05. The van der Waals surface area contributed by atoms with Crippen LogP contribution in [0, 0.1) is 0 Å². The van der Waals surface area contributed by atoms with E-state index in [1.165, 1.54) is 5.56 Å². The second kappa shape index (κ2) is 8.29. The van der Waals surface area contributed by atoms with Crippen molar-refractivity contribution in [2.75, 3.05) is 46.2 Å². The molecular formula is C15H23N3OS. The molecule has 1 fully saturated rings. The number of rotatable bonds is 7. The Hall–Kier alpha value is -1.04. The van der Waals surface area contributed by atoms with Gasteiger partial charge in [0.15, 0.2) is 5.17 Å². The quantitative estimate of drug-likeness (QED) is 0.780. The number of benzene rings is 1. The molecule has 0 bridgehead atoms. The van der Waals surface area contributed by atoms with E-state index in [4.69, 9.17) is 4.74 Å². The average molecular weight is 293 g/mol. The number of hydrogen-bond acceptors (Lipinski definition) is 4. The van der Waals surface area contributed by atoms with Crippen molar-refractivity contribution in [3.8, 4) is 0 Å². The van der Waals surface area contributed by atoms with Crippen molar-refractivity contribution in [2.24, 2.45) is 4.99 Å². The summed E-state index contributed by atoms with van der Waals surface area (Å²) in [4.78, 5) is 6.66. The Labute approximate surface area is 125 Å². The van der Waals surface area contributed by atoms with Crippen molar-refractivity contribution in [3.05, 3.63) is 35.9 Å². The van der Waals surface area contributed by atoms with Crippen LogP contribution in [0.25, 0.3) is 0 Å². The van der Waals surface area contributed by atoms with Crippen LogP contribution in [-0.2, 0) is 4.74 Å². The monoisotopic (exact) mass is 293 g/mol. The summed E-state index contributed by atoms with van der Waals surface area (Å²) in [6.45, 7) is 3.14. The maximum absolute atomic E-state index is 5.53. The molecule has 1 saturated heterocycles. The van der Waals surface area contributed by atoms with Crippen LogP contribution in [0.5, 0.6) is 0 Å². The number of amidine groups is 1. The first-order chi connectivity index (χ1) is 9.75. The molecule has 0 amide bonds. The largest absolute Gasteiger partial charge is 0.378 e. The van der Waals surface area contributed by atoms with Crippen molar-refractivity contribution in [1.82, 2.24) is 10.2 Å². The van der Waals surface area contributed by atoms with Crippen LogP contribution in [0.4, 0.5) is 0 Å². The van der Waals surface area contributed by atoms with Gasteiger partial charge in [-0.1, -0.05) is 42.1 Å². The summed E-state index contributed by atoms with van der Waals surface area (Å²) in [5, 5.41) is 4.50. The predicted octanol–water partition coefficient (Wildman–Crippen LogP) is 2.00. The molecule has 0 aromatic heterocycles. The third-order valence-corrected chi connectivity index (χ3v) is 4.08. The summed E-state index contributed by atoms with van der Waals surface area (Å²) in [6.07, 6.45) is 0. The SMILES string of the molecule is CN(C)CCOCCN=C1NC(c2ccccc2)CS1. The van der Waals surface area contributed by atoms with Gasteiger partial charge in [-0.05, 0) is 19.7 Å². The third-order valence-electron chi connectivity index (χ3n) is 3.06. The molecule has 0 saturated carbocycles. The molecule has 20 heavy (non-hydrogen) atoms. The fraction of sp³-hybridized carbons (Fsp3) is 0.533. The van der Waals surface area contributed by atoms with Crippen LogP contribution < -0.4 is 5.32 Å². The van der Waals surface area contributed by atoms with Gasteiger partial charge in [0, 0.05) is 12.3 Å². The van der Waals surface area contributed by atoms with Gasteiger partial charge >= 0.3 is 0 Å². The zero-order chi connectivity index (χ0) is 14.2. The lowest BCUT2D eigenvalue weighted by atomic mass is 10.1. The van der Waals surface area contributed by atoms with E-state index in [0.717, 1.165) is 30.6 Å². The summed E-state index contributed by atoms with van der Waals surface area (Å²) in [7, 11) is 4.10. The second-order valence-electron chi connectivity index (χ2n) is 5.02. The average Bonchev–Trinajstić information content (AvgIpc) is 2.92. The Balaban J connectivity index is 1.66. The van der Waals surface area contributed by atoms with Crippen molar-refractivity contribution in [3.63, 3.8) is 0 Å². The first-order valence-electron chi connectivity index (χ1n) is 6.97. The molecule has 0 aliphatic carbocycles. The highest BCUT2D eigenvalue weighted by atomic mass is 32.2. The van der Waals surface area contributed by atoms with Crippen LogP contribution in [0.2, 0.25) is 0 Å². The number of ether oxygens (including phenoxy) is 1. The Kier molecular flexibility index (Phi) is 6.36. The topological polar surface area (TPSA) is 36.9 Å². The minimum atomic E-state index is 0.384. The van der Waals surface area contributed by atoms with Gasteiger partial charge in [0.05, 0.1) is 25.8 Å². The Bertz CT molecular complexity index is 422. The number of nitrogens with zero attached hydrogens (tertiary/aromatic N) is 2. The lowest BCUT2D eigenvalue weighted by Gasteiger charge is -2.10. The molecule has 1 aliphatic heterocycles. The van der Waals surface area contributed by atoms with E-state index in [2.05, 4.69) is 39.5 Å². The van der Waals surface area contributed by atoms with Crippen molar-refractivity contribution in [2.45, 2.75) is 6.04 Å². The van der Waals surface area contributed by atoms with Gasteiger partial charge in [-0.3, -0.25) is 4.99 Å². The van der Waals surface area contributed by atoms with Gasteiger partial charge in [0.25, 0.3) is 0 Å². The number of aliphatic imine (C=N–C) groups is 1.